The van der Waals surface area contributed by atoms with Gasteiger partial charge in [-0.05, 0) is 60.6 Å². The third kappa shape index (κ3) is 6.12. The zero-order valence-electron chi connectivity index (χ0n) is 16.4. The highest BCUT2D eigenvalue weighted by Crippen LogP contribution is 2.21. The van der Waals surface area contributed by atoms with Crippen molar-refractivity contribution in [3.63, 3.8) is 0 Å². The minimum absolute atomic E-state index is 0.168. The summed E-state index contributed by atoms with van der Waals surface area (Å²) >= 11 is 5.22. The molecule has 3 rings (SSSR count). The highest BCUT2D eigenvalue weighted by molar-refractivity contribution is 7.80. The van der Waals surface area contributed by atoms with Crippen LogP contribution in [0.3, 0.4) is 0 Å². The number of aryl methyl sites for hydroxylation is 1. The number of anilines is 2. The molecule has 0 aliphatic rings. The topological polar surface area (TPSA) is 70.2 Å². The summed E-state index contributed by atoms with van der Waals surface area (Å²) in [4.78, 5) is 24.5. The maximum atomic E-state index is 12.4. The average molecular weight is 416 g/mol. The number of rotatable bonds is 5. The lowest BCUT2D eigenvalue weighted by atomic mass is 10.1. The van der Waals surface area contributed by atoms with Gasteiger partial charge in [-0.3, -0.25) is 14.9 Å². The van der Waals surface area contributed by atoms with E-state index in [2.05, 4.69) is 16.0 Å². The van der Waals surface area contributed by atoms with E-state index >= 15 is 0 Å². The van der Waals surface area contributed by atoms with E-state index in [1.165, 1.54) is 6.08 Å². The molecule has 0 heterocycles. The fourth-order valence-electron chi connectivity index (χ4n) is 2.67. The molecule has 2 amide bonds. The Bertz CT molecular complexity index is 1080. The zero-order chi connectivity index (χ0) is 21.3. The first-order valence-corrected chi connectivity index (χ1v) is 9.74. The van der Waals surface area contributed by atoms with Crippen molar-refractivity contribution < 1.29 is 9.59 Å². The van der Waals surface area contributed by atoms with Crippen LogP contribution < -0.4 is 16.0 Å². The van der Waals surface area contributed by atoms with Gasteiger partial charge in [0.2, 0.25) is 5.91 Å². The third-order valence-corrected chi connectivity index (χ3v) is 4.45. The summed E-state index contributed by atoms with van der Waals surface area (Å²) in [6.45, 7) is 1.90. The number of carbonyl (C=O) groups excluding carboxylic acids is 2. The Morgan fingerprint density at radius 1 is 0.867 bits per heavy atom. The second-order valence-electron chi connectivity index (χ2n) is 6.54. The second-order valence-corrected chi connectivity index (χ2v) is 6.95. The van der Waals surface area contributed by atoms with E-state index in [-0.39, 0.29) is 16.9 Å². The van der Waals surface area contributed by atoms with Crippen LogP contribution >= 0.6 is 12.2 Å². The molecule has 3 aromatic rings. The first-order valence-electron chi connectivity index (χ1n) is 9.33. The van der Waals surface area contributed by atoms with E-state index in [4.69, 9.17) is 12.2 Å². The van der Waals surface area contributed by atoms with Crippen molar-refractivity contribution in [3.8, 4) is 0 Å². The van der Waals surface area contributed by atoms with Gasteiger partial charge in [-0.15, -0.1) is 0 Å². The monoisotopic (exact) mass is 415 g/mol. The van der Waals surface area contributed by atoms with Crippen molar-refractivity contribution in [1.29, 1.82) is 0 Å². The number of thiocarbonyl (C=S) groups is 1. The number of hydrogen-bond acceptors (Lipinski definition) is 3. The smallest absolute Gasteiger partial charge is 0.255 e. The number of amides is 2. The lowest BCUT2D eigenvalue weighted by Gasteiger charge is -2.13. The number of carbonyl (C=O) groups is 2. The van der Waals surface area contributed by atoms with Crippen LogP contribution in [0.1, 0.15) is 21.5 Å². The Morgan fingerprint density at radius 2 is 1.53 bits per heavy atom. The van der Waals surface area contributed by atoms with E-state index in [0.29, 0.717) is 16.9 Å². The van der Waals surface area contributed by atoms with Crippen molar-refractivity contribution in [2.24, 2.45) is 0 Å². The van der Waals surface area contributed by atoms with E-state index in [0.717, 1.165) is 11.1 Å². The quantitative estimate of drug-likeness (QED) is 0.415. The summed E-state index contributed by atoms with van der Waals surface area (Å²) < 4.78 is 0. The first-order chi connectivity index (χ1) is 14.5. The summed E-state index contributed by atoms with van der Waals surface area (Å²) in [7, 11) is 0. The molecule has 0 radical (unpaired) electrons. The molecule has 6 heteroatoms. The molecule has 3 N–H and O–H groups in total. The Balaban J connectivity index is 1.60. The molecule has 5 nitrogen and oxygen atoms in total. The number of hydrogen-bond donors (Lipinski definition) is 3. The van der Waals surface area contributed by atoms with E-state index in [1.54, 1.807) is 24.3 Å². The van der Waals surface area contributed by atoms with Gasteiger partial charge in [0.1, 0.15) is 0 Å². The Labute approximate surface area is 180 Å². The summed E-state index contributed by atoms with van der Waals surface area (Å²) in [6, 6.07) is 24.0. The third-order valence-electron chi connectivity index (χ3n) is 4.24. The zero-order valence-corrected chi connectivity index (χ0v) is 17.2. The molecule has 0 bridgehead atoms. The Kier molecular flexibility index (Phi) is 7.08. The summed E-state index contributed by atoms with van der Waals surface area (Å²) in [5.74, 6) is -0.529. The molecule has 0 atom stereocenters. The van der Waals surface area contributed by atoms with Crippen LogP contribution in [-0.4, -0.2) is 16.9 Å². The minimum atomic E-state index is -0.332. The molecule has 0 aromatic heterocycles. The molecule has 0 spiro atoms. The van der Waals surface area contributed by atoms with Crippen LogP contribution in [0.5, 0.6) is 0 Å². The molecule has 30 heavy (non-hydrogen) atoms. The number of benzene rings is 3. The predicted molar refractivity (Wildman–Crippen MR) is 125 cm³/mol. The lowest BCUT2D eigenvalue weighted by molar-refractivity contribution is -0.115. The molecular formula is C24H21N3O2S. The predicted octanol–water partition coefficient (Wildman–Crippen LogP) is 4.77. The van der Waals surface area contributed by atoms with Gasteiger partial charge in [0.25, 0.3) is 5.91 Å². The average Bonchev–Trinajstić information content (AvgIpc) is 2.76. The Hall–Kier alpha value is -3.77. The van der Waals surface area contributed by atoms with Crippen molar-refractivity contribution in [3.05, 3.63) is 102 Å². The van der Waals surface area contributed by atoms with Crippen LogP contribution in [0.4, 0.5) is 11.4 Å². The van der Waals surface area contributed by atoms with E-state index in [9.17, 15) is 9.59 Å². The van der Waals surface area contributed by atoms with Crippen molar-refractivity contribution in [2.75, 3.05) is 10.6 Å². The van der Waals surface area contributed by atoms with Crippen molar-refractivity contribution >= 4 is 46.6 Å². The maximum Gasteiger partial charge on any atom is 0.255 e. The van der Waals surface area contributed by atoms with Crippen LogP contribution in [0.2, 0.25) is 0 Å². The molecule has 0 aliphatic carbocycles. The van der Waals surface area contributed by atoms with Gasteiger partial charge >= 0.3 is 0 Å². The van der Waals surface area contributed by atoms with E-state index in [1.807, 2.05) is 67.6 Å². The molecular weight excluding hydrogens is 394 g/mol. The lowest BCUT2D eigenvalue weighted by Crippen LogP contribution is -2.32. The van der Waals surface area contributed by atoms with Crippen LogP contribution in [0, 0.1) is 6.92 Å². The first kappa shape index (κ1) is 21.0. The largest absolute Gasteiger partial charge is 0.332 e. The van der Waals surface area contributed by atoms with E-state index < -0.39 is 0 Å². The summed E-state index contributed by atoms with van der Waals surface area (Å²) in [5.41, 5.74) is 3.71. The van der Waals surface area contributed by atoms with Crippen molar-refractivity contribution in [1.82, 2.24) is 5.32 Å². The summed E-state index contributed by atoms with van der Waals surface area (Å²) in [6.07, 6.45) is 3.13. The molecule has 0 unspecified atom stereocenters. The van der Waals surface area contributed by atoms with Gasteiger partial charge in [-0.2, -0.15) is 0 Å². The van der Waals surface area contributed by atoms with Gasteiger partial charge in [-0.25, -0.2) is 0 Å². The van der Waals surface area contributed by atoms with Gasteiger partial charge in [0, 0.05) is 23.0 Å². The van der Waals surface area contributed by atoms with Gasteiger partial charge in [-0.1, -0.05) is 54.6 Å². The van der Waals surface area contributed by atoms with Gasteiger partial charge < -0.3 is 10.6 Å². The highest BCUT2D eigenvalue weighted by Gasteiger charge is 2.09. The molecule has 0 saturated carbocycles. The van der Waals surface area contributed by atoms with Crippen LogP contribution in [-0.2, 0) is 4.79 Å². The molecule has 0 saturated heterocycles. The van der Waals surface area contributed by atoms with Gasteiger partial charge in [0.05, 0.1) is 0 Å². The second kappa shape index (κ2) is 10.1. The fourth-order valence-corrected chi connectivity index (χ4v) is 2.89. The molecule has 150 valence electrons. The van der Waals surface area contributed by atoms with Gasteiger partial charge in [0.15, 0.2) is 5.11 Å². The maximum absolute atomic E-state index is 12.4. The SMILES string of the molecule is Cc1ccc(NC(=S)NC(=O)C=Cc2ccccc2)cc1NC(=O)c1ccccc1. The standard InChI is InChI=1S/C24H21N3O2S/c1-17-12-14-20(16-21(17)26-23(29)19-10-6-3-7-11-19)25-24(30)27-22(28)15-13-18-8-4-2-5-9-18/h2-16H,1H3,(H,26,29)(H2,25,27,28,30). The Morgan fingerprint density at radius 3 is 2.23 bits per heavy atom. The minimum Gasteiger partial charge on any atom is -0.332 e. The number of nitrogens with one attached hydrogen (secondary N) is 3. The van der Waals surface area contributed by atoms with Crippen LogP contribution in [0.15, 0.2) is 84.9 Å². The molecule has 3 aromatic carbocycles. The molecule has 0 fully saturated rings. The highest BCUT2D eigenvalue weighted by atomic mass is 32.1. The normalized spacial score (nSPS) is 10.4. The fraction of sp³-hybridized carbons (Fsp3) is 0.0417. The molecule has 0 aliphatic heterocycles. The summed E-state index contributed by atoms with van der Waals surface area (Å²) in [5, 5.41) is 8.64. The van der Waals surface area contributed by atoms with Crippen LogP contribution in [0.25, 0.3) is 6.08 Å². The van der Waals surface area contributed by atoms with Crippen molar-refractivity contribution in [2.45, 2.75) is 6.92 Å².